The van der Waals surface area contributed by atoms with Gasteiger partial charge in [0.2, 0.25) is 4.58 Å². The van der Waals surface area contributed by atoms with Crippen molar-refractivity contribution < 1.29 is 25.9 Å². The number of nitrogens with one attached hydrogen (secondary N) is 2. The summed E-state index contributed by atoms with van der Waals surface area (Å²) in [6.45, 7) is 6.13. The van der Waals surface area contributed by atoms with E-state index < -0.39 is 35.9 Å². The summed E-state index contributed by atoms with van der Waals surface area (Å²) in [6, 6.07) is 0. The van der Waals surface area contributed by atoms with Crippen LogP contribution in [-0.2, 0) is 20.2 Å². The van der Waals surface area contributed by atoms with Crippen molar-refractivity contribution in [2.75, 3.05) is 26.2 Å². The Morgan fingerprint density at radius 3 is 1.77 bits per heavy atom. The van der Waals surface area contributed by atoms with Gasteiger partial charge in [-0.3, -0.25) is 19.1 Å². The Hall–Kier alpha value is -1.64. The molecule has 0 saturated carbocycles. The van der Waals surface area contributed by atoms with Crippen molar-refractivity contribution in [2.24, 2.45) is 20.2 Å². The molecule has 0 aromatic heterocycles. The van der Waals surface area contributed by atoms with Crippen molar-refractivity contribution in [2.45, 2.75) is 36.4 Å². The third-order valence-corrected chi connectivity index (χ3v) is 7.37. The van der Waals surface area contributed by atoms with Gasteiger partial charge in [0, 0.05) is 13.1 Å². The molecule has 2 heterocycles. The Kier molecular flexibility index (Phi) is 5.43. The lowest BCUT2D eigenvalue weighted by molar-refractivity contribution is 0.424. The Balaban J connectivity index is 2.57. The van der Waals surface area contributed by atoms with E-state index in [0.717, 1.165) is 6.92 Å². The summed E-state index contributed by atoms with van der Waals surface area (Å²) in [6.07, 6.45) is 0. The van der Waals surface area contributed by atoms with Gasteiger partial charge in [-0.1, -0.05) is 0 Å². The maximum atomic E-state index is 11.8. The number of azo groups is 1. The SMILES string of the molecule is CC(C)(N=NC(C)(C1=NCCN1)C(S(=O)(=O)O)S(=O)(=O)O)C1=NCCN1. The number of nitrogens with zero attached hydrogens (tertiary/aromatic N) is 4. The maximum Gasteiger partial charge on any atom is 0.287 e. The molecule has 0 aromatic rings. The van der Waals surface area contributed by atoms with Crippen LogP contribution < -0.4 is 10.6 Å². The standard InChI is InChI=1S/C12H22N6O6S2/c1-11(2,8-13-4-5-14-8)17-18-12(3,9-15-6-7-16-9)10(25(19,20)21)26(22,23)24/h10H,4-7H2,1-3H3,(H,13,14)(H,15,16)(H,19,20,21)(H,22,23,24). The van der Waals surface area contributed by atoms with Crippen LogP contribution in [0.2, 0.25) is 0 Å². The summed E-state index contributed by atoms with van der Waals surface area (Å²) in [5.74, 6) is 0.388. The van der Waals surface area contributed by atoms with Gasteiger partial charge in [0.25, 0.3) is 20.2 Å². The molecular weight excluding hydrogens is 388 g/mol. The van der Waals surface area contributed by atoms with Crippen LogP contribution in [0, 0.1) is 0 Å². The van der Waals surface area contributed by atoms with E-state index in [1.807, 2.05) is 0 Å². The first-order valence-corrected chi connectivity index (χ1v) is 10.7. The van der Waals surface area contributed by atoms with E-state index in [9.17, 15) is 25.9 Å². The molecule has 4 N–H and O–H groups in total. The molecule has 148 valence electrons. The van der Waals surface area contributed by atoms with Crippen LogP contribution in [0.15, 0.2) is 20.2 Å². The lowest BCUT2D eigenvalue weighted by Gasteiger charge is -2.30. The number of hydrogen-bond donors (Lipinski definition) is 4. The lowest BCUT2D eigenvalue weighted by atomic mass is 10.0. The highest BCUT2D eigenvalue weighted by Gasteiger charge is 2.55. The fourth-order valence-corrected chi connectivity index (χ4v) is 5.47. The van der Waals surface area contributed by atoms with Crippen molar-refractivity contribution in [3.05, 3.63) is 0 Å². The predicted molar refractivity (Wildman–Crippen MR) is 94.8 cm³/mol. The van der Waals surface area contributed by atoms with E-state index in [1.165, 1.54) is 0 Å². The van der Waals surface area contributed by atoms with Crippen LogP contribution >= 0.6 is 0 Å². The van der Waals surface area contributed by atoms with Crippen LogP contribution in [0.4, 0.5) is 0 Å². The highest BCUT2D eigenvalue weighted by Crippen LogP contribution is 2.30. The third kappa shape index (κ3) is 4.19. The van der Waals surface area contributed by atoms with Gasteiger partial charge in [-0.05, 0) is 20.8 Å². The molecule has 0 amide bonds. The third-order valence-electron chi connectivity index (χ3n) is 3.92. The number of rotatable bonds is 7. The molecular formula is C12H22N6O6S2. The summed E-state index contributed by atoms with van der Waals surface area (Å²) in [7, 11) is -10.5. The second-order valence-corrected chi connectivity index (χ2v) is 9.88. The largest absolute Gasteiger partial charge is 0.370 e. The first-order valence-electron chi connectivity index (χ1n) is 7.73. The molecule has 2 rings (SSSR count). The summed E-state index contributed by atoms with van der Waals surface area (Å²) >= 11 is 0. The van der Waals surface area contributed by atoms with E-state index in [-0.39, 0.29) is 12.4 Å². The zero-order valence-corrected chi connectivity index (χ0v) is 16.2. The second kappa shape index (κ2) is 6.83. The molecule has 26 heavy (non-hydrogen) atoms. The molecule has 0 radical (unpaired) electrons. The average Bonchev–Trinajstić information content (AvgIpc) is 3.15. The van der Waals surface area contributed by atoms with Gasteiger partial charge in [-0.25, -0.2) is 0 Å². The molecule has 0 bridgehead atoms. The van der Waals surface area contributed by atoms with Crippen LogP contribution in [0.3, 0.4) is 0 Å². The molecule has 12 nitrogen and oxygen atoms in total. The Morgan fingerprint density at radius 2 is 1.38 bits per heavy atom. The maximum absolute atomic E-state index is 11.8. The number of amidine groups is 2. The smallest absolute Gasteiger partial charge is 0.287 e. The van der Waals surface area contributed by atoms with Crippen molar-refractivity contribution in [3.63, 3.8) is 0 Å². The van der Waals surface area contributed by atoms with Crippen LogP contribution in [0.25, 0.3) is 0 Å². The molecule has 2 aliphatic heterocycles. The van der Waals surface area contributed by atoms with E-state index in [1.54, 1.807) is 13.8 Å². The van der Waals surface area contributed by atoms with Crippen molar-refractivity contribution in [3.8, 4) is 0 Å². The van der Waals surface area contributed by atoms with Crippen LogP contribution in [-0.4, -0.2) is 79.5 Å². The van der Waals surface area contributed by atoms with Gasteiger partial charge < -0.3 is 10.6 Å². The lowest BCUT2D eigenvalue weighted by Crippen LogP contribution is -2.56. The Bertz CT molecular complexity index is 831. The molecule has 0 aromatic carbocycles. The van der Waals surface area contributed by atoms with E-state index in [2.05, 4.69) is 30.8 Å². The predicted octanol–water partition coefficient (Wildman–Crippen LogP) is -0.919. The second-order valence-electron chi connectivity index (χ2n) is 6.58. The van der Waals surface area contributed by atoms with Gasteiger partial charge in [-0.15, -0.1) is 0 Å². The first kappa shape index (κ1) is 20.7. The van der Waals surface area contributed by atoms with E-state index in [4.69, 9.17) is 0 Å². The summed E-state index contributed by atoms with van der Waals surface area (Å²) in [4.78, 5) is 8.23. The van der Waals surface area contributed by atoms with E-state index in [0.29, 0.717) is 25.5 Å². The number of aliphatic imine (C=N–C) groups is 2. The quantitative estimate of drug-likeness (QED) is 0.307. The summed E-state index contributed by atoms with van der Waals surface area (Å²) in [5.41, 5.74) is -3.20. The van der Waals surface area contributed by atoms with E-state index >= 15 is 0 Å². The molecule has 1 atom stereocenters. The van der Waals surface area contributed by atoms with Crippen molar-refractivity contribution in [1.82, 2.24) is 10.6 Å². The normalized spacial score (nSPS) is 21.3. The van der Waals surface area contributed by atoms with Gasteiger partial charge in [0.15, 0.2) is 5.54 Å². The summed E-state index contributed by atoms with van der Waals surface area (Å²) < 4.78 is 63.3. The summed E-state index contributed by atoms with van der Waals surface area (Å²) in [5, 5.41) is 13.7. The fourth-order valence-electron chi connectivity index (χ4n) is 2.76. The molecule has 0 aliphatic carbocycles. The number of hydrogen-bond acceptors (Lipinski definition) is 10. The minimum atomic E-state index is -5.26. The molecule has 1 unspecified atom stereocenters. The molecule has 0 spiro atoms. The average molecular weight is 410 g/mol. The monoisotopic (exact) mass is 410 g/mol. The minimum absolute atomic E-state index is 0.112. The highest BCUT2D eigenvalue weighted by atomic mass is 32.3. The Labute approximate surface area is 151 Å². The van der Waals surface area contributed by atoms with Gasteiger partial charge >= 0.3 is 0 Å². The Morgan fingerprint density at radius 1 is 0.923 bits per heavy atom. The minimum Gasteiger partial charge on any atom is -0.370 e. The topological polar surface area (TPSA) is 182 Å². The van der Waals surface area contributed by atoms with Crippen LogP contribution in [0.5, 0.6) is 0 Å². The van der Waals surface area contributed by atoms with Crippen molar-refractivity contribution >= 4 is 31.9 Å². The molecule has 0 saturated heterocycles. The molecule has 2 aliphatic rings. The zero-order chi connectivity index (χ0) is 19.8. The van der Waals surface area contributed by atoms with Crippen molar-refractivity contribution in [1.29, 1.82) is 0 Å². The zero-order valence-electron chi connectivity index (χ0n) is 14.5. The molecule has 14 heteroatoms. The highest BCUT2D eigenvalue weighted by molar-refractivity contribution is 8.04. The van der Waals surface area contributed by atoms with Gasteiger partial charge in [-0.2, -0.15) is 27.1 Å². The van der Waals surface area contributed by atoms with Gasteiger partial charge in [0.05, 0.1) is 13.1 Å². The van der Waals surface area contributed by atoms with Gasteiger partial charge in [0.1, 0.15) is 17.2 Å². The molecule has 0 fully saturated rings. The fraction of sp³-hybridized carbons (Fsp3) is 0.833. The first-order chi connectivity index (χ1) is 11.8. The van der Waals surface area contributed by atoms with Crippen LogP contribution in [0.1, 0.15) is 20.8 Å².